The van der Waals surface area contributed by atoms with Crippen LogP contribution in [0.3, 0.4) is 0 Å². The summed E-state index contributed by atoms with van der Waals surface area (Å²) < 4.78 is 5.50. The minimum Gasteiger partial charge on any atom is -0.379 e. The summed E-state index contributed by atoms with van der Waals surface area (Å²) in [7, 11) is 3.77. The summed E-state index contributed by atoms with van der Waals surface area (Å²) in [6.07, 6.45) is 2.06. The maximum absolute atomic E-state index is 5.50. The van der Waals surface area contributed by atoms with Gasteiger partial charge in [-0.3, -0.25) is 0 Å². The van der Waals surface area contributed by atoms with Crippen molar-refractivity contribution in [3.8, 4) is 0 Å². The molecule has 0 fully saturated rings. The molecule has 17 heavy (non-hydrogen) atoms. The van der Waals surface area contributed by atoms with Crippen molar-refractivity contribution in [1.82, 2.24) is 5.32 Å². The molecule has 0 aromatic heterocycles. The van der Waals surface area contributed by atoms with Gasteiger partial charge < -0.3 is 10.1 Å². The molecule has 0 aliphatic heterocycles. The molecule has 1 unspecified atom stereocenters. The molecular formula is C15H25NO. The molecule has 0 radical (unpaired) electrons. The van der Waals surface area contributed by atoms with Crippen LogP contribution in [0.15, 0.2) is 24.3 Å². The van der Waals surface area contributed by atoms with Gasteiger partial charge in [-0.1, -0.05) is 31.2 Å². The molecule has 0 amide bonds. The van der Waals surface area contributed by atoms with E-state index < -0.39 is 0 Å². The molecule has 2 heteroatoms. The summed E-state index contributed by atoms with van der Waals surface area (Å²) in [6.45, 7) is 6.42. The van der Waals surface area contributed by atoms with Gasteiger partial charge in [-0.15, -0.1) is 0 Å². The Balaban J connectivity index is 2.79. The Labute approximate surface area is 105 Å². The molecule has 0 saturated heterocycles. The average molecular weight is 235 g/mol. The Bertz CT molecular complexity index is 329. The first-order valence-electron chi connectivity index (χ1n) is 6.33. The third kappa shape index (κ3) is 4.14. The van der Waals surface area contributed by atoms with Crippen LogP contribution < -0.4 is 5.32 Å². The maximum atomic E-state index is 5.50. The third-order valence-electron chi connectivity index (χ3n) is 3.39. The molecule has 96 valence electrons. The fourth-order valence-electron chi connectivity index (χ4n) is 1.95. The van der Waals surface area contributed by atoms with E-state index >= 15 is 0 Å². The number of rotatable bonds is 6. The Morgan fingerprint density at radius 3 is 2.24 bits per heavy atom. The van der Waals surface area contributed by atoms with E-state index in [-0.39, 0.29) is 5.60 Å². The van der Waals surface area contributed by atoms with Crippen molar-refractivity contribution >= 4 is 0 Å². The Morgan fingerprint density at radius 2 is 1.82 bits per heavy atom. The lowest BCUT2D eigenvalue weighted by Gasteiger charge is -2.28. The van der Waals surface area contributed by atoms with Crippen LogP contribution in [0.25, 0.3) is 0 Å². The first-order valence-corrected chi connectivity index (χ1v) is 6.33. The minimum absolute atomic E-state index is 0.100. The summed E-state index contributed by atoms with van der Waals surface area (Å²) in [4.78, 5) is 0. The molecule has 1 atom stereocenters. The van der Waals surface area contributed by atoms with E-state index in [0.29, 0.717) is 6.04 Å². The van der Waals surface area contributed by atoms with Gasteiger partial charge in [0, 0.05) is 13.2 Å². The van der Waals surface area contributed by atoms with E-state index in [0.717, 1.165) is 12.8 Å². The summed E-state index contributed by atoms with van der Waals surface area (Å²) >= 11 is 0. The number of hydrogen-bond donors (Lipinski definition) is 1. The monoisotopic (exact) mass is 235 g/mol. The second kappa shape index (κ2) is 6.18. The fraction of sp³-hybridized carbons (Fsp3) is 0.600. The van der Waals surface area contributed by atoms with Crippen molar-refractivity contribution in [2.75, 3.05) is 14.2 Å². The van der Waals surface area contributed by atoms with Gasteiger partial charge in [-0.05, 0) is 44.9 Å². The standard InChI is InChI=1S/C15H25NO/c1-6-12-7-9-13(10-8-12)14(16-4)11-15(2,3)17-5/h7-10,14,16H,6,11H2,1-5H3. The predicted molar refractivity (Wildman–Crippen MR) is 73.3 cm³/mol. The lowest BCUT2D eigenvalue weighted by molar-refractivity contribution is 0.00744. The highest BCUT2D eigenvalue weighted by atomic mass is 16.5. The predicted octanol–water partition coefficient (Wildman–Crippen LogP) is 3.32. The topological polar surface area (TPSA) is 21.3 Å². The Kier molecular flexibility index (Phi) is 5.16. The zero-order valence-corrected chi connectivity index (χ0v) is 11.7. The number of hydrogen-bond acceptors (Lipinski definition) is 2. The quantitative estimate of drug-likeness (QED) is 0.816. The number of aryl methyl sites for hydroxylation is 1. The molecule has 1 N–H and O–H groups in total. The van der Waals surface area contributed by atoms with Gasteiger partial charge >= 0.3 is 0 Å². The van der Waals surface area contributed by atoms with E-state index in [1.54, 1.807) is 7.11 Å². The average Bonchev–Trinajstić information content (AvgIpc) is 2.36. The lowest BCUT2D eigenvalue weighted by atomic mass is 9.93. The molecule has 1 aromatic rings. The number of ether oxygens (including phenoxy) is 1. The van der Waals surface area contributed by atoms with E-state index in [4.69, 9.17) is 4.74 Å². The van der Waals surface area contributed by atoms with Crippen LogP contribution in [0.1, 0.15) is 44.4 Å². The van der Waals surface area contributed by atoms with Crippen LogP contribution in [0.5, 0.6) is 0 Å². The number of benzene rings is 1. The molecule has 2 nitrogen and oxygen atoms in total. The van der Waals surface area contributed by atoms with Gasteiger partial charge in [0.2, 0.25) is 0 Å². The van der Waals surface area contributed by atoms with Gasteiger partial charge in [0.15, 0.2) is 0 Å². The van der Waals surface area contributed by atoms with Crippen LogP contribution >= 0.6 is 0 Å². The van der Waals surface area contributed by atoms with Crippen molar-refractivity contribution in [1.29, 1.82) is 0 Å². The van der Waals surface area contributed by atoms with Gasteiger partial charge in [0.1, 0.15) is 0 Å². The maximum Gasteiger partial charge on any atom is 0.0640 e. The largest absolute Gasteiger partial charge is 0.379 e. The molecule has 1 aromatic carbocycles. The SMILES string of the molecule is CCc1ccc(C(CC(C)(C)OC)NC)cc1. The number of nitrogens with one attached hydrogen (secondary N) is 1. The smallest absolute Gasteiger partial charge is 0.0640 e. The van der Waals surface area contributed by atoms with Gasteiger partial charge in [-0.25, -0.2) is 0 Å². The van der Waals surface area contributed by atoms with Crippen molar-refractivity contribution in [3.05, 3.63) is 35.4 Å². The molecule has 0 bridgehead atoms. The summed E-state index contributed by atoms with van der Waals surface area (Å²) in [5, 5.41) is 3.37. The molecular weight excluding hydrogens is 210 g/mol. The summed E-state index contributed by atoms with van der Waals surface area (Å²) in [5.74, 6) is 0. The Morgan fingerprint density at radius 1 is 1.24 bits per heavy atom. The highest BCUT2D eigenvalue weighted by Crippen LogP contribution is 2.25. The molecule has 0 heterocycles. The zero-order valence-electron chi connectivity index (χ0n) is 11.7. The first kappa shape index (κ1) is 14.2. The highest BCUT2D eigenvalue weighted by molar-refractivity contribution is 5.25. The van der Waals surface area contributed by atoms with Crippen LogP contribution in [-0.2, 0) is 11.2 Å². The first-order chi connectivity index (χ1) is 8.02. The normalized spacial score (nSPS) is 13.7. The van der Waals surface area contributed by atoms with E-state index in [1.807, 2.05) is 7.05 Å². The van der Waals surface area contributed by atoms with Gasteiger partial charge in [-0.2, -0.15) is 0 Å². The molecule has 0 aliphatic carbocycles. The highest BCUT2D eigenvalue weighted by Gasteiger charge is 2.22. The van der Waals surface area contributed by atoms with E-state index in [1.165, 1.54) is 11.1 Å². The minimum atomic E-state index is -0.100. The summed E-state index contributed by atoms with van der Waals surface area (Å²) in [5.41, 5.74) is 2.61. The molecule has 0 aliphatic rings. The zero-order chi connectivity index (χ0) is 12.9. The van der Waals surface area contributed by atoms with Crippen LogP contribution in [0, 0.1) is 0 Å². The number of methoxy groups -OCH3 is 1. The molecule has 0 saturated carbocycles. The summed E-state index contributed by atoms with van der Waals surface area (Å²) in [6, 6.07) is 9.19. The van der Waals surface area contributed by atoms with E-state index in [9.17, 15) is 0 Å². The third-order valence-corrected chi connectivity index (χ3v) is 3.39. The van der Waals surface area contributed by atoms with Crippen molar-refractivity contribution < 1.29 is 4.74 Å². The van der Waals surface area contributed by atoms with E-state index in [2.05, 4.69) is 50.4 Å². The second-order valence-corrected chi connectivity index (χ2v) is 5.10. The van der Waals surface area contributed by atoms with Crippen molar-refractivity contribution in [2.24, 2.45) is 0 Å². The Hall–Kier alpha value is -0.860. The second-order valence-electron chi connectivity index (χ2n) is 5.10. The van der Waals surface area contributed by atoms with Gasteiger partial charge in [0.05, 0.1) is 5.60 Å². The van der Waals surface area contributed by atoms with Crippen LogP contribution in [-0.4, -0.2) is 19.8 Å². The fourth-order valence-corrected chi connectivity index (χ4v) is 1.95. The lowest BCUT2D eigenvalue weighted by Crippen LogP contribution is -2.30. The molecule has 0 spiro atoms. The van der Waals surface area contributed by atoms with Crippen LogP contribution in [0.2, 0.25) is 0 Å². The van der Waals surface area contributed by atoms with Crippen molar-refractivity contribution in [2.45, 2.75) is 45.3 Å². The van der Waals surface area contributed by atoms with Gasteiger partial charge in [0.25, 0.3) is 0 Å². The molecule has 1 rings (SSSR count). The van der Waals surface area contributed by atoms with Crippen molar-refractivity contribution in [3.63, 3.8) is 0 Å². The van der Waals surface area contributed by atoms with Crippen LogP contribution in [0.4, 0.5) is 0 Å².